The molecule has 0 fully saturated rings. The van der Waals surface area contributed by atoms with Gasteiger partial charge in [0.05, 0.1) is 11.8 Å². The monoisotopic (exact) mass is 239 g/mol. The van der Waals surface area contributed by atoms with Crippen LogP contribution in [0.4, 0.5) is 0 Å². The molecule has 0 atom stereocenters. The smallest absolute Gasteiger partial charge is 0.128 e. The van der Waals surface area contributed by atoms with E-state index in [-0.39, 0.29) is 0 Å². The molecule has 1 aliphatic heterocycles. The molecule has 0 saturated heterocycles. The molecule has 2 aromatic rings. The molecule has 0 aromatic carbocycles. The van der Waals surface area contributed by atoms with E-state index in [2.05, 4.69) is 21.5 Å². The molecule has 3 heterocycles. The van der Waals surface area contributed by atoms with Crippen molar-refractivity contribution in [3.63, 3.8) is 0 Å². The first kappa shape index (κ1) is 10.9. The molecule has 1 aliphatic rings. The van der Waals surface area contributed by atoms with Crippen LogP contribution in [-0.2, 0) is 19.5 Å². The van der Waals surface area contributed by atoms with Crippen LogP contribution in [0.15, 0.2) is 24.5 Å². The Hall–Kier alpha value is -2.19. The van der Waals surface area contributed by atoms with Gasteiger partial charge in [0, 0.05) is 48.7 Å². The van der Waals surface area contributed by atoms with Gasteiger partial charge < -0.3 is 5.32 Å². The van der Waals surface area contributed by atoms with Crippen molar-refractivity contribution in [2.75, 3.05) is 6.54 Å². The zero-order valence-corrected chi connectivity index (χ0v) is 9.93. The SMILES string of the molecule is N#CCn1nc(-c2cccnc2)c2c1CCNC2. The van der Waals surface area contributed by atoms with Gasteiger partial charge in [-0.15, -0.1) is 0 Å². The van der Waals surface area contributed by atoms with Crippen LogP contribution in [0.25, 0.3) is 11.3 Å². The Bertz CT molecular complexity index is 594. The van der Waals surface area contributed by atoms with Gasteiger partial charge in [0.25, 0.3) is 0 Å². The largest absolute Gasteiger partial charge is 0.312 e. The molecule has 18 heavy (non-hydrogen) atoms. The average Bonchev–Trinajstić information content (AvgIpc) is 2.80. The Morgan fingerprint density at radius 2 is 2.44 bits per heavy atom. The first-order valence-corrected chi connectivity index (χ1v) is 5.97. The molecule has 0 saturated carbocycles. The van der Waals surface area contributed by atoms with Crippen molar-refractivity contribution in [1.82, 2.24) is 20.1 Å². The van der Waals surface area contributed by atoms with Crippen LogP contribution in [0.1, 0.15) is 11.3 Å². The number of hydrogen-bond acceptors (Lipinski definition) is 4. The van der Waals surface area contributed by atoms with Gasteiger partial charge in [-0.1, -0.05) is 0 Å². The molecule has 0 spiro atoms. The molecule has 3 rings (SSSR count). The van der Waals surface area contributed by atoms with Crippen LogP contribution < -0.4 is 5.32 Å². The number of nitrogens with zero attached hydrogens (tertiary/aromatic N) is 4. The maximum atomic E-state index is 8.86. The van der Waals surface area contributed by atoms with E-state index in [0.29, 0.717) is 6.54 Å². The highest BCUT2D eigenvalue weighted by molar-refractivity contribution is 5.63. The quantitative estimate of drug-likeness (QED) is 0.852. The Balaban J connectivity index is 2.13. The van der Waals surface area contributed by atoms with Gasteiger partial charge in [0.1, 0.15) is 6.54 Å². The summed E-state index contributed by atoms with van der Waals surface area (Å²) in [7, 11) is 0. The van der Waals surface area contributed by atoms with Gasteiger partial charge in [-0.25, -0.2) is 0 Å². The maximum Gasteiger partial charge on any atom is 0.128 e. The Kier molecular flexibility index (Phi) is 2.79. The van der Waals surface area contributed by atoms with Gasteiger partial charge in [0.15, 0.2) is 0 Å². The van der Waals surface area contributed by atoms with Crippen LogP contribution >= 0.6 is 0 Å². The second kappa shape index (κ2) is 4.59. The highest BCUT2D eigenvalue weighted by atomic mass is 15.3. The molecule has 5 nitrogen and oxygen atoms in total. The third-order valence-electron chi connectivity index (χ3n) is 3.16. The summed E-state index contributed by atoms with van der Waals surface area (Å²) in [5.41, 5.74) is 4.33. The summed E-state index contributed by atoms with van der Waals surface area (Å²) in [4.78, 5) is 4.13. The summed E-state index contributed by atoms with van der Waals surface area (Å²) < 4.78 is 1.82. The normalized spacial score (nSPS) is 13.9. The summed E-state index contributed by atoms with van der Waals surface area (Å²) in [5.74, 6) is 0. The highest BCUT2D eigenvalue weighted by Gasteiger charge is 2.21. The molecule has 0 amide bonds. The van der Waals surface area contributed by atoms with Gasteiger partial charge >= 0.3 is 0 Å². The molecular formula is C13H13N5. The number of fused-ring (bicyclic) bond motifs is 1. The summed E-state index contributed by atoms with van der Waals surface area (Å²) in [6.45, 7) is 2.06. The van der Waals surface area contributed by atoms with E-state index in [1.165, 1.54) is 11.3 Å². The van der Waals surface area contributed by atoms with Crippen molar-refractivity contribution in [1.29, 1.82) is 5.26 Å². The predicted molar refractivity (Wildman–Crippen MR) is 66.5 cm³/mol. The lowest BCUT2D eigenvalue weighted by Crippen LogP contribution is -2.24. The molecule has 2 aromatic heterocycles. The van der Waals surface area contributed by atoms with Crippen LogP contribution in [0, 0.1) is 11.3 Å². The van der Waals surface area contributed by atoms with Crippen molar-refractivity contribution < 1.29 is 0 Å². The lowest BCUT2D eigenvalue weighted by Gasteiger charge is -2.14. The fourth-order valence-electron chi connectivity index (χ4n) is 2.35. The van der Waals surface area contributed by atoms with Crippen molar-refractivity contribution >= 4 is 0 Å². The topological polar surface area (TPSA) is 66.5 Å². The predicted octanol–water partition coefficient (Wildman–Crippen LogP) is 1.11. The van der Waals surface area contributed by atoms with E-state index in [9.17, 15) is 0 Å². The van der Waals surface area contributed by atoms with E-state index in [1.54, 1.807) is 6.20 Å². The minimum atomic E-state index is 0.308. The number of rotatable bonds is 2. The second-order valence-electron chi connectivity index (χ2n) is 4.26. The minimum absolute atomic E-state index is 0.308. The molecule has 5 heteroatoms. The fourth-order valence-corrected chi connectivity index (χ4v) is 2.35. The molecular weight excluding hydrogens is 226 g/mol. The molecule has 0 aliphatic carbocycles. The van der Waals surface area contributed by atoms with Crippen molar-refractivity contribution in [2.24, 2.45) is 0 Å². The number of hydrogen-bond donors (Lipinski definition) is 1. The molecule has 1 N–H and O–H groups in total. The Morgan fingerprint density at radius 3 is 3.22 bits per heavy atom. The zero-order chi connectivity index (χ0) is 12.4. The van der Waals surface area contributed by atoms with Crippen LogP contribution in [0.5, 0.6) is 0 Å². The van der Waals surface area contributed by atoms with E-state index in [0.717, 1.165) is 30.8 Å². The number of aromatic nitrogens is 3. The maximum absolute atomic E-state index is 8.86. The summed E-state index contributed by atoms with van der Waals surface area (Å²) in [6.07, 6.45) is 4.48. The third kappa shape index (κ3) is 1.77. The van der Waals surface area contributed by atoms with Crippen LogP contribution in [0.2, 0.25) is 0 Å². The van der Waals surface area contributed by atoms with Crippen molar-refractivity contribution in [3.8, 4) is 17.3 Å². The fraction of sp³-hybridized carbons (Fsp3) is 0.308. The number of pyridine rings is 1. The average molecular weight is 239 g/mol. The van der Waals surface area contributed by atoms with Crippen molar-refractivity contribution in [2.45, 2.75) is 19.5 Å². The third-order valence-corrected chi connectivity index (χ3v) is 3.16. The molecule has 90 valence electrons. The first-order valence-electron chi connectivity index (χ1n) is 5.97. The van der Waals surface area contributed by atoms with Crippen molar-refractivity contribution in [3.05, 3.63) is 35.8 Å². The lowest BCUT2D eigenvalue weighted by molar-refractivity contribution is 0.590. The molecule has 0 bridgehead atoms. The first-order chi connectivity index (χ1) is 8.90. The van der Waals surface area contributed by atoms with Gasteiger partial charge in [-0.3, -0.25) is 9.67 Å². The Labute approximate surface area is 105 Å². The summed E-state index contributed by atoms with van der Waals surface area (Å²) in [6, 6.07) is 6.07. The van der Waals surface area contributed by atoms with Crippen LogP contribution in [0.3, 0.4) is 0 Å². The zero-order valence-electron chi connectivity index (χ0n) is 9.93. The number of nitrogens with one attached hydrogen (secondary N) is 1. The Morgan fingerprint density at radius 1 is 1.50 bits per heavy atom. The lowest BCUT2D eigenvalue weighted by atomic mass is 10.0. The highest BCUT2D eigenvalue weighted by Crippen LogP contribution is 2.26. The second-order valence-corrected chi connectivity index (χ2v) is 4.26. The summed E-state index contributed by atoms with van der Waals surface area (Å²) in [5, 5.41) is 16.8. The number of nitriles is 1. The van der Waals surface area contributed by atoms with E-state index in [1.807, 2.05) is 23.0 Å². The van der Waals surface area contributed by atoms with E-state index < -0.39 is 0 Å². The van der Waals surface area contributed by atoms with Gasteiger partial charge in [0.2, 0.25) is 0 Å². The summed E-state index contributed by atoms with van der Waals surface area (Å²) >= 11 is 0. The standard InChI is InChI=1S/C13H13N5/c14-4-7-18-12-3-6-16-9-11(12)13(17-18)10-2-1-5-15-8-10/h1-2,5,8,16H,3,6-7,9H2. The molecule has 0 radical (unpaired) electrons. The molecule has 0 unspecified atom stereocenters. The van der Waals surface area contributed by atoms with Gasteiger partial charge in [-0.2, -0.15) is 10.4 Å². The minimum Gasteiger partial charge on any atom is -0.312 e. The van der Waals surface area contributed by atoms with Gasteiger partial charge in [-0.05, 0) is 12.1 Å². The van der Waals surface area contributed by atoms with Crippen LogP contribution in [-0.4, -0.2) is 21.3 Å². The van der Waals surface area contributed by atoms with E-state index in [4.69, 9.17) is 5.26 Å². The van der Waals surface area contributed by atoms with E-state index >= 15 is 0 Å².